The van der Waals surface area contributed by atoms with Gasteiger partial charge in [0.25, 0.3) is 0 Å². The quantitative estimate of drug-likeness (QED) is 0.821. The molecule has 0 saturated heterocycles. The number of carbonyl (C=O) groups is 1. The summed E-state index contributed by atoms with van der Waals surface area (Å²) in [6, 6.07) is 1.89. The van der Waals surface area contributed by atoms with Gasteiger partial charge in [0.15, 0.2) is 5.15 Å². The normalized spacial score (nSPS) is 9.43. The second-order valence-electron chi connectivity index (χ2n) is 2.36. The molecule has 1 heterocycles. The zero-order valence-corrected chi connectivity index (χ0v) is 8.52. The van der Waals surface area contributed by atoms with Crippen molar-refractivity contribution in [3.63, 3.8) is 0 Å². The molecule has 74 valence electrons. The Labute approximate surface area is 89.1 Å². The number of carboxylic acid groups (broad SMARTS) is 1. The summed E-state index contributed by atoms with van der Waals surface area (Å²) in [7, 11) is 0. The molecule has 5 nitrogen and oxygen atoms in total. The van der Waals surface area contributed by atoms with E-state index in [2.05, 4.69) is 9.69 Å². The first-order valence-electron chi connectivity index (χ1n) is 3.66. The second-order valence-corrected chi connectivity index (χ2v) is 3.49. The highest BCUT2D eigenvalue weighted by Crippen LogP contribution is 2.27. The predicted octanol–water partition coefficient (Wildman–Crippen LogP) is 1.55. The van der Waals surface area contributed by atoms with Crippen LogP contribution < -0.4 is 5.32 Å². The van der Waals surface area contributed by atoms with Crippen LogP contribution in [-0.2, 0) is 4.79 Å². The smallest absolute Gasteiger partial charge is 0.305 e. The van der Waals surface area contributed by atoms with E-state index in [1.807, 2.05) is 6.07 Å². The lowest BCUT2D eigenvalue weighted by atomic mass is 10.3. The molecule has 0 unspecified atom stereocenters. The summed E-state index contributed by atoms with van der Waals surface area (Å²) < 4.78 is 3.76. The maximum atomic E-state index is 10.2. The highest BCUT2D eigenvalue weighted by atomic mass is 35.5. The molecule has 0 aliphatic heterocycles. The molecule has 1 aromatic rings. The molecule has 0 bridgehead atoms. The molecule has 1 rings (SSSR count). The molecule has 0 atom stereocenters. The van der Waals surface area contributed by atoms with Gasteiger partial charge in [0.05, 0.1) is 6.42 Å². The standard InChI is InChI=1S/C7H6ClN3O2S/c8-6-4(3-9)7(14-11-6)10-2-1-5(12)13/h10H,1-2H2,(H,12,13). The number of rotatable bonds is 4. The van der Waals surface area contributed by atoms with E-state index < -0.39 is 5.97 Å². The van der Waals surface area contributed by atoms with Gasteiger partial charge in [-0.1, -0.05) is 11.6 Å². The van der Waals surface area contributed by atoms with Crippen LogP contribution >= 0.6 is 23.1 Å². The van der Waals surface area contributed by atoms with E-state index >= 15 is 0 Å². The minimum absolute atomic E-state index is 0.0135. The number of nitrogens with zero attached hydrogens (tertiary/aromatic N) is 2. The van der Waals surface area contributed by atoms with Crippen LogP contribution in [0.25, 0.3) is 0 Å². The van der Waals surface area contributed by atoms with Crippen molar-refractivity contribution in [2.75, 3.05) is 11.9 Å². The summed E-state index contributed by atoms with van der Waals surface area (Å²) in [6.45, 7) is 0.253. The van der Waals surface area contributed by atoms with E-state index in [9.17, 15) is 4.79 Å². The van der Waals surface area contributed by atoms with E-state index in [-0.39, 0.29) is 23.7 Å². The minimum Gasteiger partial charge on any atom is -0.481 e. The van der Waals surface area contributed by atoms with Gasteiger partial charge in [0, 0.05) is 6.54 Å². The summed E-state index contributed by atoms with van der Waals surface area (Å²) >= 11 is 6.65. The summed E-state index contributed by atoms with van der Waals surface area (Å²) in [6.07, 6.45) is -0.0135. The molecule has 0 aromatic carbocycles. The lowest BCUT2D eigenvalue weighted by Crippen LogP contribution is -2.07. The maximum Gasteiger partial charge on any atom is 0.305 e. The first kappa shape index (κ1) is 10.8. The zero-order chi connectivity index (χ0) is 10.6. The predicted molar refractivity (Wildman–Crippen MR) is 52.6 cm³/mol. The van der Waals surface area contributed by atoms with E-state index in [4.69, 9.17) is 22.0 Å². The lowest BCUT2D eigenvalue weighted by molar-refractivity contribution is -0.136. The number of nitrogens with one attached hydrogen (secondary N) is 1. The topological polar surface area (TPSA) is 86.0 Å². The van der Waals surface area contributed by atoms with Crippen LogP contribution in [-0.4, -0.2) is 22.0 Å². The van der Waals surface area contributed by atoms with Gasteiger partial charge in [0.1, 0.15) is 16.6 Å². The van der Waals surface area contributed by atoms with E-state index in [0.29, 0.717) is 5.00 Å². The maximum absolute atomic E-state index is 10.2. The second kappa shape index (κ2) is 4.79. The molecule has 0 amide bonds. The molecular weight excluding hydrogens is 226 g/mol. The monoisotopic (exact) mass is 231 g/mol. The zero-order valence-electron chi connectivity index (χ0n) is 6.95. The van der Waals surface area contributed by atoms with Crippen molar-refractivity contribution in [1.29, 1.82) is 5.26 Å². The minimum atomic E-state index is -0.897. The van der Waals surface area contributed by atoms with Gasteiger partial charge in [-0.2, -0.15) is 9.64 Å². The van der Waals surface area contributed by atoms with Crippen molar-refractivity contribution < 1.29 is 9.90 Å². The Bertz CT molecular complexity index is 385. The van der Waals surface area contributed by atoms with Gasteiger partial charge in [-0.05, 0) is 11.5 Å². The van der Waals surface area contributed by atoms with Crippen molar-refractivity contribution in [2.45, 2.75) is 6.42 Å². The number of hydrogen-bond acceptors (Lipinski definition) is 5. The Balaban J connectivity index is 2.59. The van der Waals surface area contributed by atoms with Gasteiger partial charge in [-0.15, -0.1) is 0 Å². The van der Waals surface area contributed by atoms with Crippen LogP contribution in [0.15, 0.2) is 0 Å². The molecular formula is C7H6ClN3O2S. The summed E-state index contributed by atoms with van der Waals surface area (Å²) in [5.74, 6) is -0.897. The largest absolute Gasteiger partial charge is 0.481 e. The van der Waals surface area contributed by atoms with Crippen molar-refractivity contribution in [3.05, 3.63) is 10.7 Å². The van der Waals surface area contributed by atoms with E-state index in [0.717, 1.165) is 11.5 Å². The Kier molecular flexibility index (Phi) is 3.68. The third kappa shape index (κ3) is 2.58. The highest BCUT2D eigenvalue weighted by Gasteiger charge is 2.11. The van der Waals surface area contributed by atoms with Crippen molar-refractivity contribution >= 4 is 34.1 Å². The van der Waals surface area contributed by atoms with Crippen molar-refractivity contribution in [1.82, 2.24) is 4.37 Å². The number of anilines is 1. The molecule has 0 fully saturated rings. The van der Waals surface area contributed by atoms with Gasteiger partial charge in [0.2, 0.25) is 0 Å². The third-order valence-electron chi connectivity index (χ3n) is 1.39. The Morgan fingerprint density at radius 3 is 3.07 bits per heavy atom. The van der Waals surface area contributed by atoms with Crippen molar-refractivity contribution in [2.24, 2.45) is 0 Å². The van der Waals surface area contributed by atoms with Crippen LogP contribution in [0, 0.1) is 11.3 Å². The van der Waals surface area contributed by atoms with Gasteiger partial charge >= 0.3 is 5.97 Å². The third-order valence-corrected chi connectivity index (χ3v) is 2.57. The molecule has 0 spiro atoms. The van der Waals surface area contributed by atoms with Crippen molar-refractivity contribution in [3.8, 4) is 6.07 Å². The fraction of sp³-hybridized carbons (Fsp3) is 0.286. The Morgan fingerprint density at radius 2 is 2.50 bits per heavy atom. The van der Waals surface area contributed by atoms with Gasteiger partial charge in [-0.3, -0.25) is 4.79 Å². The molecule has 0 saturated carbocycles. The first-order valence-corrected chi connectivity index (χ1v) is 4.81. The Morgan fingerprint density at radius 1 is 1.79 bits per heavy atom. The molecule has 2 N–H and O–H groups in total. The number of aliphatic carboxylic acids is 1. The first-order chi connectivity index (χ1) is 6.65. The fourth-order valence-corrected chi connectivity index (χ4v) is 1.73. The average Bonchev–Trinajstić information content (AvgIpc) is 2.46. The number of nitriles is 1. The fourth-order valence-electron chi connectivity index (χ4n) is 0.771. The van der Waals surface area contributed by atoms with E-state index in [1.54, 1.807) is 0 Å². The van der Waals surface area contributed by atoms with Crippen LogP contribution in [0.5, 0.6) is 0 Å². The summed E-state index contributed by atoms with van der Waals surface area (Å²) in [5, 5.41) is 20.5. The van der Waals surface area contributed by atoms with Gasteiger partial charge in [-0.25, -0.2) is 0 Å². The number of hydrogen-bond donors (Lipinski definition) is 2. The Hall–Kier alpha value is -1.32. The SMILES string of the molecule is N#Cc1c(Cl)nsc1NCCC(=O)O. The van der Waals surface area contributed by atoms with Gasteiger partial charge < -0.3 is 10.4 Å². The number of halogens is 1. The van der Waals surface area contributed by atoms with Crippen LogP contribution in [0.4, 0.5) is 5.00 Å². The number of carboxylic acids is 1. The molecule has 0 aliphatic carbocycles. The van der Waals surface area contributed by atoms with E-state index in [1.165, 1.54) is 0 Å². The molecule has 14 heavy (non-hydrogen) atoms. The molecule has 0 radical (unpaired) electrons. The van der Waals surface area contributed by atoms with Crippen LogP contribution in [0.3, 0.4) is 0 Å². The van der Waals surface area contributed by atoms with Crippen LogP contribution in [0.1, 0.15) is 12.0 Å². The molecule has 1 aromatic heterocycles. The molecule has 7 heteroatoms. The average molecular weight is 232 g/mol. The molecule has 0 aliphatic rings. The summed E-state index contributed by atoms with van der Waals surface area (Å²) in [4.78, 5) is 10.2. The number of aromatic nitrogens is 1. The summed E-state index contributed by atoms with van der Waals surface area (Å²) in [5.41, 5.74) is 0.266. The van der Waals surface area contributed by atoms with Crippen LogP contribution in [0.2, 0.25) is 5.15 Å². The lowest BCUT2D eigenvalue weighted by Gasteiger charge is -1.99. The highest BCUT2D eigenvalue weighted by molar-refractivity contribution is 7.10.